The lowest BCUT2D eigenvalue weighted by Crippen LogP contribution is -2.41. The summed E-state index contributed by atoms with van der Waals surface area (Å²) >= 11 is 0. The van der Waals surface area contributed by atoms with Crippen molar-refractivity contribution in [3.63, 3.8) is 0 Å². The molecule has 2 aromatic carbocycles. The lowest BCUT2D eigenvalue weighted by atomic mass is 9.84. The molecule has 0 fully saturated rings. The third-order valence-corrected chi connectivity index (χ3v) is 3.64. The molecule has 0 unspecified atom stereocenters. The number of fused-ring (bicyclic) bond motifs is 1. The van der Waals surface area contributed by atoms with Crippen LogP contribution in [0.2, 0.25) is 0 Å². The summed E-state index contributed by atoms with van der Waals surface area (Å²) in [4.78, 5) is 11.0. The Morgan fingerprint density at radius 2 is 1.77 bits per heavy atom. The van der Waals surface area contributed by atoms with Crippen LogP contribution in [0.25, 0.3) is 10.8 Å². The lowest BCUT2D eigenvalue weighted by Gasteiger charge is -2.29. The maximum atomic E-state index is 11.0. The van der Waals surface area contributed by atoms with Gasteiger partial charge in [-0.25, -0.2) is 4.79 Å². The molecule has 0 aliphatic carbocycles. The topological polar surface area (TPSA) is 69.6 Å². The minimum atomic E-state index is -1.12. The van der Waals surface area contributed by atoms with Crippen molar-refractivity contribution in [2.75, 3.05) is 0 Å². The van der Waals surface area contributed by atoms with Gasteiger partial charge in [0.25, 0.3) is 0 Å². The zero-order chi connectivity index (χ0) is 16.3. The molecule has 4 heteroatoms. The first-order valence-electron chi connectivity index (χ1n) is 7.42. The van der Waals surface area contributed by atoms with Crippen LogP contribution in [0.1, 0.15) is 38.9 Å². The quantitative estimate of drug-likeness (QED) is 0.801. The van der Waals surface area contributed by atoms with Crippen molar-refractivity contribution in [3.05, 3.63) is 48.0 Å². The zero-order valence-electron chi connectivity index (χ0n) is 13.2. The van der Waals surface area contributed by atoms with Gasteiger partial charge < -0.3 is 15.5 Å². The van der Waals surface area contributed by atoms with Crippen LogP contribution >= 0.6 is 0 Å². The van der Waals surface area contributed by atoms with E-state index in [0.29, 0.717) is 6.42 Å². The number of aliphatic hydroxyl groups is 1. The molecule has 2 atom stereocenters. The molecule has 1 amide bonds. The van der Waals surface area contributed by atoms with Gasteiger partial charge in [0.15, 0.2) is 0 Å². The van der Waals surface area contributed by atoms with Crippen molar-refractivity contribution in [2.45, 2.75) is 39.3 Å². The van der Waals surface area contributed by atoms with E-state index in [1.165, 1.54) is 0 Å². The number of hydrogen-bond donors (Lipinski definition) is 3. The Balaban J connectivity index is 2.30. The average Bonchev–Trinajstić information content (AvgIpc) is 2.43. The summed E-state index contributed by atoms with van der Waals surface area (Å²) in [5, 5.41) is 24.2. The first-order valence-corrected chi connectivity index (χ1v) is 7.42. The fourth-order valence-electron chi connectivity index (χ4n) is 2.68. The summed E-state index contributed by atoms with van der Waals surface area (Å²) in [6.45, 7) is 6.07. The third kappa shape index (κ3) is 4.21. The molecule has 0 aliphatic rings. The molecule has 2 aromatic rings. The van der Waals surface area contributed by atoms with E-state index in [-0.39, 0.29) is 5.41 Å². The number of carboxylic acid groups (broad SMARTS) is 1. The van der Waals surface area contributed by atoms with Gasteiger partial charge in [-0.1, -0.05) is 57.2 Å². The lowest BCUT2D eigenvalue weighted by molar-refractivity contribution is 0.0992. The standard InChI is InChI=1S/C18H23NO3/c1-18(2,3)11-15(19-17(21)22)16(20)14-9-8-12-6-4-5-7-13(12)10-14/h4-10,15-16,19-20H,11H2,1-3H3,(H,21,22)/t15-,16-/m0/s1. The second-order valence-corrected chi connectivity index (χ2v) is 6.87. The number of nitrogens with one attached hydrogen (secondary N) is 1. The van der Waals surface area contributed by atoms with Crippen molar-refractivity contribution in [3.8, 4) is 0 Å². The Kier molecular flexibility index (Phi) is 4.71. The van der Waals surface area contributed by atoms with Crippen LogP contribution in [0.4, 0.5) is 4.79 Å². The fraction of sp³-hybridized carbons (Fsp3) is 0.389. The van der Waals surface area contributed by atoms with Gasteiger partial charge in [0.2, 0.25) is 0 Å². The highest BCUT2D eigenvalue weighted by molar-refractivity contribution is 5.83. The summed E-state index contributed by atoms with van der Waals surface area (Å²) < 4.78 is 0. The first kappa shape index (κ1) is 16.3. The molecule has 4 nitrogen and oxygen atoms in total. The molecule has 118 valence electrons. The van der Waals surface area contributed by atoms with E-state index in [1.54, 1.807) is 0 Å². The van der Waals surface area contributed by atoms with Crippen molar-refractivity contribution >= 4 is 16.9 Å². The molecular formula is C18H23NO3. The average molecular weight is 301 g/mol. The molecule has 0 saturated carbocycles. The van der Waals surface area contributed by atoms with Gasteiger partial charge in [-0.05, 0) is 34.2 Å². The molecule has 0 heterocycles. The van der Waals surface area contributed by atoms with E-state index in [0.717, 1.165) is 16.3 Å². The Morgan fingerprint density at radius 1 is 1.14 bits per heavy atom. The second-order valence-electron chi connectivity index (χ2n) is 6.87. The number of hydrogen-bond acceptors (Lipinski definition) is 2. The molecule has 0 bridgehead atoms. The SMILES string of the molecule is CC(C)(C)C[C@H](NC(=O)O)[C@@H](O)c1ccc2ccccc2c1. The molecule has 0 saturated heterocycles. The highest BCUT2D eigenvalue weighted by Crippen LogP contribution is 2.29. The molecular weight excluding hydrogens is 278 g/mol. The van der Waals surface area contributed by atoms with Crippen molar-refractivity contribution < 1.29 is 15.0 Å². The van der Waals surface area contributed by atoms with E-state index in [9.17, 15) is 9.90 Å². The Labute approximate surface area is 130 Å². The number of amides is 1. The zero-order valence-corrected chi connectivity index (χ0v) is 13.2. The summed E-state index contributed by atoms with van der Waals surface area (Å²) in [5.74, 6) is 0. The number of carbonyl (C=O) groups is 1. The molecule has 22 heavy (non-hydrogen) atoms. The maximum absolute atomic E-state index is 11.0. The van der Waals surface area contributed by atoms with Crippen LogP contribution in [0, 0.1) is 5.41 Å². The van der Waals surface area contributed by atoms with Crippen LogP contribution in [0.5, 0.6) is 0 Å². The smallest absolute Gasteiger partial charge is 0.404 e. The van der Waals surface area contributed by atoms with E-state index in [1.807, 2.05) is 63.2 Å². The van der Waals surface area contributed by atoms with Crippen LogP contribution in [-0.4, -0.2) is 22.3 Å². The second kappa shape index (κ2) is 6.36. The predicted octanol–water partition coefficient (Wildman–Crippen LogP) is 3.95. The van der Waals surface area contributed by atoms with Gasteiger partial charge in [0.1, 0.15) is 0 Å². The molecule has 0 aromatic heterocycles. The first-order chi connectivity index (χ1) is 10.3. The normalized spacial score (nSPS) is 14.5. The van der Waals surface area contributed by atoms with Gasteiger partial charge in [0, 0.05) is 0 Å². The minimum absolute atomic E-state index is 0.0923. The largest absolute Gasteiger partial charge is 0.465 e. The molecule has 3 N–H and O–H groups in total. The van der Waals surface area contributed by atoms with Crippen molar-refractivity contribution in [2.24, 2.45) is 5.41 Å². The van der Waals surface area contributed by atoms with Gasteiger partial charge in [-0.2, -0.15) is 0 Å². The monoisotopic (exact) mass is 301 g/mol. The Bertz CT molecular complexity index is 661. The summed E-state index contributed by atoms with van der Waals surface area (Å²) in [6, 6.07) is 13.1. The number of rotatable bonds is 4. The summed E-state index contributed by atoms with van der Waals surface area (Å²) in [6.07, 6.45) is -1.44. The van der Waals surface area contributed by atoms with Crippen LogP contribution in [-0.2, 0) is 0 Å². The predicted molar refractivity (Wildman–Crippen MR) is 87.9 cm³/mol. The molecule has 2 rings (SSSR count). The van der Waals surface area contributed by atoms with Gasteiger partial charge in [-0.3, -0.25) is 0 Å². The summed E-state index contributed by atoms with van der Waals surface area (Å²) in [5.41, 5.74) is 0.631. The van der Waals surface area contributed by atoms with E-state index >= 15 is 0 Å². The highest BCUT2D eigenvalue weighted by atomic mass is 16.4. The van der Waals surface area contributed by atoms with Gasteiger partial charge >= 0.3 is 6.09 Å². The van der Waals surface area contributed by atoms with Gasteiger partial charge in [0.05, 0.1) is 12.1 Å². The Hall–Kier alpha value is -2.07. The van der Waals surface area contributed by atoms with Crippen molar-refractivity contribution in [1.82, 2.24) is 5.32 Å². The van der Waals surface area contributed by atoms with Crippen LogP contribution < -0.4 is 5.32 Å². The Morgan fingerprint density at radius 3 is 2.36 bits per heavy atom. The number of benzene rings is 2. The fourth-order valence-corrected chi connectivity index (χ4v) is 2.68. The number of aliphatic hydroxyl groups excluding tert-OH is 1. The molecule has 0 spiro atoms. The third-order valence-electron chi connectivity index (χ3n) is 3.64. The maximum Gasteiger partial charge on any atom is 0.404 e. The minimum Gasteiger partial charge on any atom is -0.465 e. The van der Waals surface area contributed by atoms with Crippen molar-refractivity contribution in [1.29, 1.82) is 0 Å². The van der Waals surface area contributed by atoms with Gasteiger partial charge in [-0.15, -0.1) is 0 Å². The summed E-state index contributed by atoms with van der Waals surface area (Å²) in [7, 11) is 0. The van der Waals surface area contributed by atoms with E-state index < -0.39 is 18.2 Å². The van der Waals surface area contributed by atoms with E-state index in [2.05, 4.69) is 5.32 Å². The van der Waals surface area contributed by atoms with Crippen LogP contribution in [0.3, 0.4) is 0 Å². The molecule has 0 radical (unpaired) electrons. The molecule has 0 aliphatic heterocycles. The highest BCUT2D eigenvalue weighted by Gasteiger charge is 2.27. The van der Waals surface area contributed by atoms with Crippen LogP contribution in [0.15, 0.2) is 42.5 Å². The van der Waals surface area contributed by atoms with E-state index in [4.69, 9.17) is 5.11 Å².